The molecule has 2 rings (SSSR count). The highest BCUT2D eigenvalue weighted by Crippen LogP contribution is 2.39. The summed E-state index contributed by atoms with van der Waals surface area (Å²) in [7, 11) is 0. The van der Waals surface area contributed by atoms with Crippen LogP contribution in [0.3, 0.4) is 0 Å². The fourth-order valence-electron chi connectivity index (χ4n) is 2.40. The van der Waals surface area contributed by atoms with E-state index in [-0.39, 0.29) is 11.8 Å². The molecule has 0 heterocycles. The van der Waals surface area contributed by atoms with Gasteiger partial charge in [-0.05, 0) is 24.3 Å². The van der Waals surface area contributed by atoms with Gasteiger partial charge in [0.15, 0.2) is 0 Å². The van der Waals surface area contributed by atoms with Crippen molar-refractivity contribution in [2.24, 2.45) is 11.7 Å². The van der Waals surface area contributed by atoms with Gasteiger partial charge in [-0.25, -0.2) is 0 Å². The zero-order valence-corrected chi connectivity index (χ0v) is 8.15. The predicted octanol–water partition coefficient (Wildman–Crippen LogP) is 2.06. The summed E-state index contributed by atoms with van der Waals surface area (Å²) in [4.78, 5) is 11.2. The largest absolute Gasteiger partial charge is 0.369 e. The molecule has 1 aliphatic carbocycles. The molecule has 0 saturated heterocycles. The quantitative estimate of drug-likeness (QED) is 0.760. The molecule has 1 aliphatic rings. The molecule has 2 nitrogen and oxygen atoms in total. The summed E-state index contributed by atoms with van der Waals surface area (Å²) in [5.74, 6) is 0.266. The van der Waals surface area contributed by atoms with Crippen LogP contribution in [0.1, 0.15) is 30.7 Å². The first-order valence-electron chi connectivity index (χ1n) is 5.13. The van der Waals surface area contributed by atoms with Gasteiger partial charge < -0.3 is 5.73 Å². The van der Waals surface area contributed by atoms with Crippen LogP contribution >= 0.6 is 0 Å². The van der Waals surface area contributed by atoms with E-state index in [1.54, 1.807) is 0 Å². The average molecular weight is 189 g/mol. The van der Waals surface area contributed by atoms with E-state index >= 15 is 0 Å². The molecular weight excluding hydrogens is 174 g/mol. The molecule has 2 unspecified atom stereocenters. The van der Waals surface area contributed by atoms with Gasteiger partial charge >= 0.3 is 0 Å². The number of carbonyl (C=O) groups excluding carboxylic acids is 1. The maximum atomic E-state index is 11.2. The number of primary amides is 1. The van der Waals surface area contributed by atoms with Crippen LogP contribution < -0.4 is 5.73 Å². The molecule has 2 atom stereocenters. The topological polar surface area (TPSA) is 43.1 Å². The molecular formula is C12H15NO. The first kappa shape index (κ1) is 9.25. The van der Waals surface area contributed by atoms with Crippen molar-refractivity contribution in [3.05, 3.63) is 35.9 Å². The number of nitrogens with two attached hydrogens (primary N) is 1. The molecule has 1 aromatic carbocycles. The minimum Gasteiger partial charge on any atom is -0.369 e. The van der Waals surface area contributed by atoms with E-state index in [9.17, 15) is 4.79 Å². The van der Waals surface area contributed by atoms with Gasteiger partial charge in [-0.15, -0.1) is 0 Å². The maximum Gasteiger partial charge on any atom is 0.221 e. The Morgan fingerprint density at radius 2 is 1.93 bits per heavy atom. The van der Waals surface area contributed by atoms with Crippen molar-refractivity contribution in [2.75, 3.05) is 0 Å². The van der Waals surface area contributed by atoms with Crippen molar-refractivity contribution in [1.82, 2.24) is 0 Å². The van der Waals surface area contributed by atoms with Crippen molar-refractivity contribution in [2.45, 2.75) is 25.2 Å². The zero-order valence-electron chi connectivity index (χ0n) is 8.15. The van der Waals surface area contributed by atoms with Gasteiger partial charge in [0.2, 0.25) is 5.91 Å². The lowest BCUT2D eigenvalue weighted by molar-refractivity contribution is -0.122. The average Bonchev–Trinajstić information content (AvgIpc) is 2.67. The Balaban J connectivity index is 2.22. The first-order chi connectivity index (χ1) is 6.79. The van der Waals surface area contributed by atoms with Gasteiger partial charge in [-0.1, -0.05) is 36.8 Å². The van der Waals surface area contributed by atoms with E-state index in [0.717, 1.165) is 19.3 Å². The van der Waals surface area contributed by atoms with Crippen molar-refractivity contribution in [1.29, 1.82) is 0 Å². The molecule has 0 aliphatic heterocycles. The standard InChI is InChI=1S/C12H15NO/c13-12(14)11-8-4-7-10(11)9-5-2-1-3-6-9/h1-3,5-6,10-11H,4,7-8H2,(H2,13,14). The Hall–Kier alpha value is -1.31. The van der Waals surface area contributed by atoms with Crippen LogP contribution in [0, 0.1) is 5.92 Å². The maximum absolute atomic E-state index is 11.2. The Bertz CT molecular complexity index is 320. The summed E-state index contributed by atoms with van der Waals surface area (Å²) in [5, 5.41) is 0. The third-order valence-corrected chi connectivity index (χ3v) is 3.11. The molecule has 0 spiro atoms. The normalized spacial score (nSPS) is 26.3. The van der Waals surface area contributed by atoms with E-state index in [1.807, 2.05) is 18.2 Å². The van der Waals surface area contributed by atoms with Crippen LogP contribution in [0.4, 0.5) is 0 Å². The van der Waals surface area contributed by atoms with Gasteiger partial charge in [-0.3, -0.25) is 4.79 Å². The fraction of sp³-hybridized carbons (Fsp3) is 0.417. The molecule has 0 aromatic heterocycles. The molecule has 1 aromatic rings. The monoisotopic (exact) mass is 189 g/mol. The van der Waals surface area contributed by atoms with Gasteiger partial charge in [-0.2, -0.15) is 0 Å². The Morgan fingerprint density at radius 1 is 1.21 bits per heavy atom. The smallest absolute Gasteiger partial charge is 0.221 e. The van der Waals surface area contributed by atoms with E-state index in [1.165, 1.54) is 5.56 Å². The molecule has 14 heavy (non-hydrogen) atoms. The van der Waals surface area contributed by atoms with Gasteiger partial charge in [0, 0.05) is 5.92 Å². The zero-order chi connectivity index (χ0) is 9.97. The second-order valence-corrected chi connectivity index (χ2v) is 3.96. The molecule has 0 bridgehead atoms. The van der Waals surface area contributed by atoms with Gasteiger partial charge in [0.25, 0.3) is 0 Å². The lowest BCUT2D eigenvalue weighted by atomic mass is 9.88. The SMILES string of the molecule is NC(=O)C1CCCC1c1ccccc1. The summed E-state index contributed by atoms with van der Waals surface area (Å²) in [6.45, 7) is 0. The van der Waals surface area contributed by atoms with E-state index < -0.39 is 0 Å². The van der Waals surface area contributed by atoms with Crippen LogP contribution in [-0.4, -0.2) is 5.91 Å². The van der Waals surface area contributed by atoms with Crippen LogP contribution in [0.5, 0.6) is 0 Å². The molecule has 1 saturated carbocycles. The Morgan fingerprint density at radius 3 is 2.57 bits per heavy atom. The number of rotatable bonds is 2. The van der Waals surface area contributed by atoms with Crippen molar-refractivity contribution >= 4 is 5.91 Å². The van der Waals surface area contributed by atoms with Crippen LogP contribution in [-0.2, 0) is 4.79 Å². The lowest BCUT2D eigenvalue weighted by Crippen LogP contribution is -2.25. The highest BCUT2D eigenvalue weighted by molar-refractivity contribution is 5.78. The highest BCUT2D eigenvalue weighted by Gasteiger charge is 2.32. The number of hydrogen-bond donors (Lipinski definition) is 1. The van der Waals surface area contributed by atoms with Crippen molar-refractivity contribution in [3.63, 3.8) is 0 Å². The Labute approximate surface area is 84.1 Å². The van der Waals surface area contributed by atoms with Crippen LogP contribution in [0.2, 0.25) is 0 Å². The van der Waals surface area contributed by atoms with Gasteiger partial charge in [0.05, 0.1) is 0 Å². The first-order valence-corrected chi connectivity index (χ1v) is 5.13. The van der Waals surface area contributed by atoms with E-state index in [2.05, 4.69) is 12.1 Å². The summed E-state index contributed by atoms with van der Waals surface area (Å²) < 4.78 is 0. The second kappa shape index (κ2) is 3.82. The number of carbonyl (C=O) groups is 1. The summed E-state index contributed by atoms with van der Waals surface area (Å²) in [6, 6.07) is 10.2. The third kappa shape index (κ3) is 1.65. The van der Waals surface area contributed by atoms with Crippen molar-refractivity contribution < 1.29 is 4.79 Å². The summed E-state index contributed by atoms with van der Waals surface area (Å²) in [6.07, 6.45) is 3.17. The van der Waals surface area contributed by atoms with E-state index in [0.29, 0.717) is 5.92 Å². The number of amides is 1. The highest BCUT2D eigenvalue weighted by atomic mass is 16.1. The summed E-state index contributed by atoms with van der Waals surface area (Å²) >= 11 is 0. The predicted molar refractivity (Wildman–Crippen MR) is 55.7 cm³/mol. The van der Waals surface area contributed by atoms with Crippen LogP contribution in [0.15, 0.2) is 30.3 Å². The lowest BCUT2D eigenvalue weighted by Gasteiger charge is -2.16. The van der Waals surface area contributed by atoms with Crippen molar-refractivity contribution in [3.8, 4) is 0 Å². The second-order valence-electron chi connectivity index (χ2n) is 3.96. The third-order valence-electron chi connectivity index (χ3n) is 3.11. The fourth-order valence-corrected chi connectivity index (χ4v) is 2.40. The molecule has 0 radical (unpaired) electrons. The molecule has 2 heteroatoms. The number of hydrogen-bond acceptors (Lipinski definition) is 1. The molecule has 1 fully saturated rings. The minimum absolute atomic E-state index is 0.0531. The Kier molecular flexibility index (Phi) is 2.53. The van der Waals surface area contributed by atoms with Crippen LogP contribution in [0.25, 0.3) is 0 Å². The molecule has 1 amide bonds. The molecule has 2 N–H and O–H groups in total. The number of benzene rings is 1. The minimum atomic E-state index is -0.142. The van der Waals surface area contributed by atoms with E-state index in [4.69, 9.17) is 5.73 Å². The summed E-state index contributed by atoms with van der Waals surface area (Å²) in [5.41, 5.74) is 6.64. The molecule has 74 valence electrons. The van der Waals surface area contributed by atoms with Gasteiger partial charge in [0.1, 0.15) is 0 Å².